The van der Waals surface area contributed by atoms with E-state index in [2.05, 4.69) is 42.9 Å². The molecule has 0 unspecified atom stereocenters. The van der Waals surface area contributed by atoms with Crippen molar-refractivity contribution >= 4 is 24.1 Å². The summed E-state index contributed by atoms with van der Waals surface area (Å²) >= 11 is 0. The average molecular weight is 540 g/mol. The Kier molecular flexibility index (Phi) is 10.1. The van der Waals surface area contributed by atoms with E-state index in [1.807, 2.05) is 24.3 Å². The predicted octanol–water partition coefficient (Wildman–Crippen LogP) is 6.34. The van der Waals surface area contributed by atoms with Gasteiger partial charge in [0.05, 0.1) is 13.7 Å². The van der Waals surface area contributed by atoms with Crippen molar-refractivity contribution in [2.45, 2.75) is 82.6 Å². The van der Waals surface area contributed by atoms with Crippen molar-refractivity contribution in [2.24, 2.45) is 5.92 Å². The van der Waals surface area contributed by atoms with E-state index in [1.54, 1.807) is 7.11 Å². The summed E-state index contributed by atoms with van der Waals surface area (Å²) in [6.45, 7) is 12.3. The Hall–Kier alpha value is -1.30. The van der Waals surface area contributed by atoms with E-state index in [0.29, 0.717) is 12.3 Å². The molecule has 1 aromatic carbocycles. The van der Waals surface area contributed by atoms with Crippen molar-refractivity contribution in [3.05, 3.63) is 24.3 Å². The van der Waals surface area contributed by atoms with Gasteiger partial charge in [0.2, 0.25) is 0 Å². The molecule has 1 saturated heterocycles. The largest absolute Gasteiger partial charge is 0.523 e. The highest BCUT2D eigenvalue weighted by molar-refractivity contribution is 7.87. The number of unbranched alkanes of at least 4 members (excludes halogenated alkanes) is 1. The Morgan fingerprint density at radius 3 is 2.17 bits per heavy atom. The van der Waals surface area contributed by atoms with Crippen molar-refractivity contribution < 1.29 is 34.9 Å². The standard InChI is InChI=1S/C24H40F3NO5SSi/c1-23(2,3)35(5,6)33-17-9-10-19-18-28(20-12-14-21(31-4)15-13-20)22(19)11-7-8-16-32-34(29,30)24(25,26)27/h12-15,19,22H,7-11,16-18H2,1-6H3/t19-,22-/m1/s1. The minimum atomic E-state index is -5.53. The normalized spacial score (nSPS) is 19.5. The first-order valence-corrected chi connectivity index (χ1v) is 16.4. The summed E-state index contributed by atoms with van der Waals surface area (Å²) in [6, 6.07) is 8.05. The molecule has 0 N–H and O–H groups in total. The van der Waals surface area contributed by atoms with E-state index in [1.165, 1.54) is 0 Å². The maximum atomic E-state index is 12.4. The van der Waals surface area contributed by atoms with Crippen LogP contribution in [-0.4, -0.2) is 55.2 Å². The van der Waals surface area contributed by atoms with Crippen LogP contribution in [0.25, 0.3) is 0 Å². The fourth-order valence-electron chi connectivity index (χ4n) is 3.95. The van der Waals surface area contributed by atoms with Crippen LogP contribution < -0.4 is 9.64 Å². The fraction of sp³-hybridized carbons (Fsp3) is 0.750. The maximum absolute atomic E-state index is 12.4. The molecule has 1 aliphatic heterocycles. The molecular formula is C24H40F3NO5SSi. The predicted molar refractivity (Wildman–Crippen MR) is 135 cm³/mol. The highest BCUT2D eigenvalue weighted by atomic mass is 32.2. The van der Waals surface area contributed by atoms with Crippen molar-refractivity contribution in [2.75, 3.05) is 31.8 Å². The number of nitrogens with zero attached hydrogens (tertiary/aromatic N) is 1. The lowest BCUT2D eigenvalue weighted by Gasteiger charge is -2.50. The third-order valence-electron chi connectivity index (χ3n) is 7.18. The van der Waals surface area contributed by atoms with Crippen LogP contribution in [0, 0.1) is 5.92 Å². The number of anilines is 1. The minimum absolute atomic E-state index is 0.166. The zero-order valence-electron chi connectivity index (χ0n) is 21.7. The molecule has 6 nitrogen and oxygen atoms in total. The van der Waals surface area contributed by atoms with Gasteiger partial charge in [0.1, 0.15) is 5.75 Å². The molecule has 1 fully saturated rings. The second-order valence-corrected chi connectivity index (χ2v) is 17.1. The fourth-order valence-corrected chi connectivity index (χ4v) is 5.51. The summed E-state index contributed by atoms with van der Waals surface area (Å²) in [7, 11) is -5.70. The monoisotopic (exact) mass is 539 g/mol. The van der Waals surface area contributed by atoms with Crippen LogP contribution in [0.4, 0.5) is 18.9 Å². The molecule has 1 aliphatic rings. The van der Waals surface area contributed by atoms with E-state index in [-0.39, 0.29) is 17.5 Å². The molecule has 0 bridgehead atoms. The Morgan fingerprint density at radius 1 is 1.00 bits per heavy atom. The summed E-state index contributed by atoms with van der Waals surface area (Å²) in [6.07, 6.45) is 3.52. The summed E-state index contributed by atoms with van der Waals surface area (Å²) in [5.41, 5.74) is -4.32. The Balaban J connectivity index is 1.90. The molecule has 0 spiro atoms. The van der Waals surface area contributed by atoms with Gasteiger partial charge in [-0.05, 0) is 80.4 Å². The number of hydrogen-bond donors (Lipinski definition) is 0. The van der Waals surface area contributed by atoms with Gasteiger partial charge in [0, 0.05) is 24.9 Å². The van der Waals surface area contributed by atoms with E-state index in [9.17, 15) is 21.6 Å². The van der Waals surface area contributed by atoms with Crippen molar-refractivity contribution in [3.63, 3.8) is 0 Å². The minimum Gasteiger partial charge on any atom is -0.497 e. The third-order valence-corrected chi connectivity index (χ3v) is 12.8. The molecule has 11 heteroatoms. The molecular weight excluding hydrogens is 499 g/mol. The van der Waals surface area contributed by atoms with Crippen LogP contribution in [0.15, 0.2) is 24.3 Å². The van der Waals surface area contributed by atoms with Crippen LogP contribution in [0.3, 0.4) is 0 Å². The number of hydrogen-bond acceptors (Lipinski definition) is 6. The summed E-state index contributed by atoms with van der Waals surface area (Å²) in [4.78, 5) is 2.30. The number of rotatable bonds is 13. The summed E-state index contributed by atoms with van der Waals surface area (Å²) < 4.78 is 75.1. The number of methoxy groups -OCH3 is 1. The molecule has 0 aliphatic carbocycles. The van der Waals surface area contributed by atoms with Gasteiger partial charge in [-0.15, -0.1) is 0 Å². The molecule has 202 valence electrons. The van der Waals surface area contributed by atoms with E-state index < -0.39 is 30.6 Å². The number of ether oxygens (including phenoxy) is 1. The Bertz CT molecular complexity index is 901. The molecule has 0 aromatic heterocycles. The SMILES string of the molecule is COc1ccc(N2C[C@@H](CCCO[Si](C)(C)C(C)(C)C)[C@H]2CCCCOS(=O)(=O)C(F)(F)F)cc1. The maximum Gasteiger partial charge on any atom is 0.523 e. The van der Waals surface area contributed by atoms with Crippen LogP contribution in [0.5, 0.6) is 5.75 Å². The Labute approximate surface area is 209 Å². The van der Waals surface area contributed by atoms with Gasteiger partial charge < -0.3 is 14.1 Å². The topological polar surface area (TPSA) is 65.1 Å². The highest BCUT2D eigenvalue weighted by Crippen LogP contribution is 2.39. The van der Waals surface area contributed by atoms with Crippen LogP contribution in [0.1, 0.15) is 52.9 Å². The molecule has 35 heavy (non-hydrogen) atoms. The number of benzene rings is 1. The third kappa shape index (κ3) is 8.09. The zero-order valence-corrected chi connectivity index (χ0v) is 23.5. The number of alkyl halides is 3. The molecule has 0 saturated carbocycles. The first-order valence-electron chi connectivity index (χ1n) is 12.1. The molecule has 1 aromatic rings. The second-order valence-electron chi connectivity index (χ2n) is 10.6. The Morgan fingerprint density at radius 2 is 1.63 bits per heavy atom. The average Bonchev–Trinajstić information content (AvgIpc) is 2.73. The quantitative estimate of drug-likeness (QED) is 0.126. The van der Waals surface area contributed by atoms with E-state index in [0.717, 1.165) is 43.9 Å². The van der Waals surface area contributed by atoms with Crippen LogP contribution in [0.2, 0.25) is 18.1 Å². The van der Waals surface area contributed by atoms with Crippen molar-refractivity contribution in [1.82, 2.24) is 0 Å². The van der Waals surface area contributed by atoms with Gasteiger partial charge in [-0.2, -0.15) is 21.6 Å². The van der Waals surface area contributed by atoms with Crippen LogP contribution >= 0.6 is 0 Å². The lowest BCUT2D eigenvalue weighted by molar-refractivity contribution is -0.0543. The van der Waals surface area contributed by atoms with Gasteiger partial charge in [-0.1, -0.05) is 20.8 Å². The number of halogens is 3. The smallest absolute Gasteiger partial charge is 0.497 e. The van der Waals surface area contributed by atoms with Crippen molar-refractivity contribution in [3.8, 4) is 5.75 Å². The molecule has 0 radical (unpaired) electrons. The zero-order chi connectivity index (χ0) is 26.5. The lowest BCUT2D eigenvalue weighted by atomic mass is 9.81. The molecule has 2 atom stereocenters. The van der Waals surface area contributed by atoms with Gasteiger partial charge in [0.25, 0.3) is 0 Å². The van der Waals surface area contributed by atoms with Gasteiger partial charge >= 0.3 is 15.6 Å². The van der Waals surface area contributed by atoms with Gasteiger partial charge in [-0.3, -0.25) is 4.18 Å². The van der Waals surface area contributed by atoms with Crippen LogP contribution in [-0.2, 0) is 18.7 Å². The van der Waals surface area contributed by atoms with Gasteiger partial charge in [-0.25, -0.2) is 0 Å². The highest BCUT2D eigenvalue weighted by Gasteiger charge is 2.47. The van der Waals surface area contributed by atoms with Gasteiger partial charge in [0.15, 0.2) is 8.32 Å². The van der Waals surface area contributed by atoms with E-state index >= 15 is 0 Å². The molecule has 0 amide bonds. The summed E-state index contributed by atoms with van der Waals surface area (Å²) in [5.74, 6) is 1.22. The second kappa shape index (κ2) is 11.8. The molecule has 2 rings (SSSR count). The summed E-state index contributed by atoms with van der Waals surface area (Å²) in [5, 5.41) is 0.166. The molecule has 1 heterocycles. The van der Waals surface area contributed by atoms with Crippen molar-refractivity contribution in [1.29, 1.82) is 0 Å². The first kappa shape index (κ1) is 29.9. The first-order chi connectivity index (χ1) is 16.1. The lowest BCUT2D eigenvalue weighted by Crippen LogP contribution is -2.56. The van der Waals surface area contributed by atoms with E-state index in [4.69, 9.17) is 9.16 Å².